The zero-order valence-electron chi connectivity index (χ0n) is 15.5. The van der Waals surface area contributed by atoms with Gasteiger partial charge in [0.15, 0.2) is 14.4 Å². The van der Waals surface area contributed by atoms with Crippen molar-refractivity contribution in [3.63, 3.8) is 0 Å². The van der Waals surface area contributed by atoms with Gasteiger partial charge in [-0.2, -0.15) is 0 Å². The van der Waals surface area contributed by atoms with Gasteiger partial charge in [-0.3, -0.25) is 4.90 Å². The Balaban J connectivity index is 1.50. The third-order valence-corrected chi connectivity index (χ3v) is 7.29. The van der Waals surface area contributed by atoms with Crippen LogP contribution in [0.5, 0.6) is 0 Å². The van der Waals surface area contributed by atoms with Gasteiger partial charge >= 0.3 is 6.09 Å². The standard InChI is InChI=1S/C18H18BrFN4O4S/c1-11-17(19)21-22-24(11)10-14-9-23(18(25)28-14)13-2-3-15(16(20)8-13)12-4-6-29(26,27)7-5-12/h2-4,8,14H,5-7,9-10H2,1H3/t14-/m1/s1. The van der Waals surface area contributed by atoms with E-state index in [2.05, 4.69) is 26.2 Å². The Morgan fingerprint density at radius 1 is 1.38 bits per heavy atom. The Morgan fingerprint density at radius 3 is 2.79 bits per heavy atom. The number of ether oxygens (including phenoxy) is 1. The van der Waals surface area contributed by atoms with E-state index in [0.29, 0.717) is 28.0 Å². The lowest BCUT2D eigenvalue weighted by molar-refractivity contribution is 0.128. The van der Waals surface area contributed by atoms with Crippen LogP contribution in [0, 0.1) is 12.7 Å². The van der Waals surface area contributed by atoms with Crippen LogP contribution >= 0.6 is 15.9 Å². The molecule has 1 aromatic heterocycles. The molecule has 29 heavy (non-hydrogen) atoms. The van der Waals surface area contributed by atoms with Gasteiger partial charge in [0.2, 0.25) is 0 Å². The molecular weight excluding hydrogens is 467 g/mol. The Morgan fingerprint density at radius 2 is 2.17 bits per heavy atom. The minimum absolute atomic E-state index is 0.0119. The lowest BCUT2D eigenvalue weighted by Crippen LogP contribution is -2.26. The maximum absolute atomic E-state index is 14.7. The molecule has 1 atom stereocenters. The third kappa shape index (κ3) is 4.06. The van der Waals surface area contributed by atoms with Crippen LogP contribution in [0.15, 0.2) is 28.9 Å². The summed E-state index contributed by atoms with van der Waals surface area (Å²) in [5, 5.41) is 7.90. The minimum Gasteiger partial charge on any atom is -0.442 e. The highest BCUT2D eigenvalue weighted by Gasteiger charge is 2.33. The smallest absolute Gasteiger partial charge is 0.414 e. The maximum atomic E-state index is 14.7. The predicted molar refractivity (Wildman–Crippen MR) is 108 cm³/mol. The number of carbonyl (C=O) groups is 1. The topological polar surface area (TPSA) is 94.4 Å². The van der Waals surface area contributed by atoms with E-state index in [4.69, 9.17) is 4.74 Å². The molecule has 0 unspecified atom stereocenters. The van der Waals surface area contributed by atoms with Gasteiger partial charge < -0.3 is 4.74 Å². The van der Waals surface area contributed by atoms with E-state index >= 15 is 0 Å². The molecule has 0 radical (unpaired) electrons. The van der Waals surface area contributed by atoms with Crippen LogP contribution in [-0.2, 0) is 21.1 Å². The van der Waals surface area contributed by atoms with Gasteiger partial charge in [-0.15, -0.1) is 5.10 Å². The van der Waals surface area contributed by atoms with Gasteiger partial charge in [-0.05, 0) is 53.0 Å². The number of amides is 1. The number of sulfone groups is 1. The molecule has 4 rings (SSSR count). The van der Waals surface area contributed by atoms with Gasteiger partial charge in [0.25, 0.3) is 0 Å². The summed E-state index contributed by atoms with van der Waals surface area (Å²) in [6.45, 7) is 2.45. The summed E-state index contributed by atoms with van der Waals surface area (Å²) in [5.41, 5.74) is 2.23. The Hall–Kier alpha value is -2.27. The minimum atomic E-state index is -3.08. The summed E-state index contributed by atoms with van der Waals surface area (Å²) in [4.78, 5) is 13.7. The lowest BCUT2D eigenvalue weighted by Gasteiger charge is -2.17. The number of cyclic esters (lactones) is 1. The van der Waals surface area contributed by atoms with Crippen LogP contribution in [0.2, 0.25) is 0 Å². The quantitative estimate of drug-likeness (QED) is 0.661. The fourth-order valence-electron chi connectivity index (χ4n) is 3.39. The van der Waals surface area contributed by atoms with E-state index < -0.39 is 27.9 Å². The summed E-state index contributed by atoms with van der Waals surface area (Å²) >= 11 is 3.29. The normalized spacial score (nSPS) is 21.2. The first-order valence-corrected chi connectivity index (χ1v) is 11.6. The molecule has 1 amide bonds. The molecule has 11 heteroatoms. The number of aromatic nitrogens is 3. The van der Waals surface area contributed by atoms with E-state index in [1.54, 1.807) is 22.9 Å². The highest BCUT2D eigenvalue weighted by atomic mass is 79.9. The molecule has 1 saturated heterocycles. The second kappa shape index (κ2) is 7.52. The summed E-state index contributed by atoms with van der Waals surface area (Å²) in [7, 11) is -3.08. The van der Waals surface area contributed by atoms with Crippen LogP contribution in [0.4, 0.5) is 14.9 Å². The second-order valence-electron chi connectivity index (χ2n) is 7.02. The van der Waals surface area contributed by atoms with E-state index in [1.165, 1.54) is 11.0 Å². The van der Waals surface area contributed by atoms with Crippen molar-refractivity contribution in [3.8, 4) is 0 Å². The van der Waals surface area contributed by atoms with Crippen molar-refractivity contribution in [3.05, 3.63) is 46.0 Å². The highest BCUT2D eigenvalue weighted by Crippen LogP contribution is 2.30. The van der Waals surface area contributed by atoms with Crippen molar-refractivity contribution < 1.29 is 22.3 Å². The van der Waals surface area contributed by atoms with E-state index in [9.17, 15) is 17.6 Å². The third-order valence-electron chi connectivity index (χ3n) is 5.05. The monoisotopic (exact) mass is 484 g/mol. The zero-order valence-corrected chi connectivity index (χ0v) is 17.9. The van der Waals surface area contributed by atoms with Crippen LogP contribution < -0.4 is 4.90 Å². The first-order valence-electron chi connectivity index (χ1n) is 8.96. The molecule has 154 valence electrons. The molecule has 2 aliphatic rings. The summed E-state index contributed by atoms with van der Waals surface area (Å²) in [6, 6.07) is 4.50. The van der Waals surface area contributed by atoms with Crippen LogP contribution in [0.3, 0.4) is 0 Å². The van der Waals surface area contributed by atoms with Crippen LogP contribution in [0.25, 0.3) is 5.57 Å². The maximum Gasteiger partial charge on any atom is 0.414 e. The molecule has 3 heterocycles. The number of carbonyl (C=O) groups excluding carboxylic acids is 1. The molecule has 8 nitrogen and oxygen atoms in total. The van der Waals surface area contributed by atoms with E-state index in [0.717, 1.165) is 5.69 Å². The molecule has 1 fully saturated rings. The van der Waals surface area contributed by atoms with Gasteiger partial charge in [0.1, 0.15) is 11.9 Å². The molecule has 2 aliphatic heterocycles. The van der Waals surface area contributed by atoms with Gasteiger partial charge in [0.05, 0.1) is 36.0 Å². The van der Waals surface area contributed by atoms with E-state index in [-0.39, 0.29) is 24.5 Å². The number of nitrogens with zero attached hydrogens (tertiary/aromatic N) is 4. The fourth-order valence-corrected chi connectivity index (χ4v) is 4.82. The largest absolute Gasteiger partial charge is 0.442 e. The summed E-state index contributed by atoms with van der Waals surface area (Å²) in [6.07, 6.45) is 0.834. The Labute approximate surface area is 175 Å². The molecule has 0 N–H and O–H groups in total. The number of benzene rings is 1. The SMILES string of the molecule is Cc1c(Br)nnn1C[C@H]1CN(c2ccc(C3=CCS(=O)(=O)CC3)c(F)c2)C(=O)O1. The molecule has 0 bridgehead atoms. The Kier molecular flexibility index (Phi) is 5.19. The average molecular weight is 485 g/mol. The second-order valence-corrected chi connectivity index (χ2v) is 10.0. The number of halogens is 2. The predicted octanol–water partition coefficient (Wildman–Crippen LogP) is 2.72. The number of allylic oxidation sites excluding steroid dienone is 1. The number of hydrogen-bond donors (Lipinski definition) is 0. The number of hydrogen-bond acceptors (Lipinski definition) is 6. The first-order chi connectivity index (χ1) is 13.7. The number of rotatable bonds is 4. The Bertz CT molecular complexity index is 1120. The highest BCUT2D eigenvalue weighted by molar-refractivity contribution is 9.10. The van der Waals surface area contributed by atoms with Crippen LogP contribution in [-0.4, -0.2) is 53.7 Å². The van der Waals surface area contributed by atoms with Gasteiger partial charge in [-0.25, -0.2) is 22.3 Å². The number of anilines is 1. The van der Waals surface area contributed by atoms with E-state index in [1.807, 2.05) is 6.92 Å². The zero-order chi connectivity index (χ0) is 20.8. The molecule has 0 spiro atoms. The molecule has 1 aromatic carbocycles. The first kappa shape index (κ1) is 20.0. The molecule has 0 saturated carbocycles. The van der Waals surface area contributed by atoms with Crippen LogP contribution in [0.1, 0.15) is 17.7 Å². The lowest BCUT2D eigenvalue weighted by atomic mass is 10.0. The van der Waals surface area contributed by atoms with Crippen molar-refractivity contribution in [2.45, 2.75) is 26.0 Å². The summed E-state index contributed by atoms with van der Waals surface area (Å²) in [5.74, 6) is -0.570. The molecule has 0 aliphatic carbocycles. The van der Waals surface area contributed by atoms with Gasteiger partial charge in [-0.1, -0.05) is 11.3 Å². The van der Waals surface area contributed by atoms with Crippen molar-refractivity contribution in [1.82, 2.24) is 15.0 Å². The summed E-state index contributed by atoms with van der Waals surface area (Å²) < 4.78 is 45.5. The van der Waals surface area contributed by atoms with Crippen molar-refractivity contribution in [2.75, 3.05) is 23.0 Å². The van der Waals surface area contributed by atoms with Crippen molar-refractivity contribution in [1.29, 1.82) is 0 Å². The molecule has 2 aromatic rings. The molecular formula is C18H18BrFN4O4S. The van der Waals surface area contributed by atoms with Gasteiger partial charge in [0, 0.05) is 5.56 Å². The fraction of sp³-hybridized carbons (Fsp3) is 0.389. The van der Waals surface area contributed by atoms with Crippen molar-refractivity contribution >= 4 is 43.1 Å². The average Bonchev–Trinajstić information content (AvgIpc) is 3.19. The van der Waals surface area contributed by atoms with Crippen molar-refractivity contribution in [2.24, 2.45) is 0 Å².